The van der Waals surface area contributed by atoms with Crippen LogP contribution in [0.15, 0.2) is 132 Å². The topological polar surface area (TPSA) is 93.1 Å². The smallest absolute Gasteiger partial charge is 0.309 e. The molecule has 2 unspecified atom stereocenters. The summed E-state index contributed by atoms with van der Waals surface area (Å²) in [5, 5.41) is 19.0. The highest BCUT2D eigenvalue weighted by Crippen LogP contribution is 2.38. The molecule has 6 nitrogen and oxygen atoms in total. The number of rotatable bonds is 14. The van der Waals surface area contributed by atoms with Gasteiger partial charge < -0.3 is 19.7 Å². The minimum atomic E-state index is -0.285. The van der Waals surface area contributed by atoms with Crippen LogP contribution in [0.5, 0.6) is 0 Å². The lowest BCUT2D eigenvalue weighted by Gasteiger charge is -2.22. The summed E-state index contributed by atoms with van der Waals surface area (Å²) in [6.45, 7) is 4.27. The van der Waals surface area contributed by atoms with E-state index in [2.05, 4.69) is 38.1 Å². The van der Waals surface area contributed by atoms with E-state index in [9.17, 15) is 19.8 Å². The van der Waals surface area contributed by atoms with Crippen LogP contribution in [0.25, 0.3) is 11.1 Å². The molecule has 0 heterocycles. The van der Waals surface area contributed by atoms with Gasteiger partial charge >= 0.3 is 11.9 Å². The number of carbonyl (C=O) groups excluding carboxylic acids is 2. The molecule has 48 heavy (non-hydrogen) atoms. The number of hydrogen-bond acceptors (Lipinski definition) is 6. The van der Waals surface area contributed by atoms with Crippen LogP contribution in [0.2, 0.25) is 0 Å². The molecular formula is C42H48O6. The Kier molecular flexibility index (Phi) is 16.1. The lowest BCUT2D eigenvalue weighted by atomic mass is 9.83. The van der Waals surface area contributed by atoms with E-state index >= 15 is 0 Å². The van der Waals surface area contributed by atoms with Gasteiger partial charge in [0.2, 0.25) is 0 Å². The summed E-state index contributed by atoms with van der Waals surface area (Å²) < 4.78 is 9.69. The highest BCUT2D eigenvalue weighted by molar-refractivity contribution is 5.82. The summed E-state index contributed by atoms with van der Waals surface area (Å²) in [7, 11) is 2.78. The molecule has 0 aliphatic rings. The number of methoxy groups -OCH3 is 2. The molecule has 2 atom stereocenters. The molecule has 4 aromatic carbocycles. The van der Waals surface area contributed by atoms with Crippen molar-refractivity contribution in [2.45, 2.75) is 51.4 Å². The minimum absolute atomic E-state index is 0.00414. The van der Waals surface area contributed by atoms with E-state index in [1.165, 1.54) is 25.3 Å². The highest BCUT2D eigenvalue weighted by atomic mass is 16.5. The first-order valence-corrected chi connectivity index (χ1v) is 16.3. The number of benzene rings is 4. The Hall–Kier alpha value is -4.78. The first kappa shape index (κ1) is 37.7. The molecule has 0 amide bonds. The second-order valence-corrected chi connectivity index (χ2v) is 11.5. The van der Waals surface area contributed by atoms with Crippen molar-refractivity contribution in [2.24, 2.45) is 0 Å². The summed E-state index contributed by atoms with van der Waals surface area (Å²) in [4.78, 5) is 23.7. The zero-order valence-electron chi connectivity index (χ0n) is 28.5. The molecule has 0 radical (unpaired) electrons. The van der Waals surface area contributed by atoms with Crippen LogP contribution < -0.4 is 0 Å². The number of allylic oxidation sites excluding steroid dienone is 2. The molecule has 252 valence electrons. The molecule has 0 saturated carbocycles. The van der Waals surface area contributed by atoms with Crippen LogP contribution in [0, 0.1) is 0 Å². The standard InChI is InChI=1S/2C21H24O3/c2*1-16(17-9-5-3-6-10-17)21(18-11-7-4-8-12-18)19(13-14-22)15-20(23)24-2/h2*3-12,16,22H,13-15H2,1-2H3. The van der Waals surface area contributed by atoms with E-state index in [-0.39, 0.29) is 49.8 Å². The molecule has 2 N–H and O–H groups in total. The highest BCUT2D eigenvalue weighted by Gasteiger charge is 2.21. The first-order valence-electron chi connectivity index (χ1n) is 16.3. The zero-order valence-corrected chi connectivity index (χ0v) is 28.5. The predicted octanol–water partition coefficient (Wildman–Crippen LogP) is 8.38. The largest absolute Gasteiger partial charge is 0.469 e. The fraction of sp³-hybridized carbons (Fsp3) is 0.286. The molecule has 0 fully saturated rings. The van der Waals surface area contributed by atoms with Crippen LogP contribution in [0.4, 0.5) is 0 Å². The summed E-state index contributed by atoms with van der Waals surface area (Å²) in [6, 6.07) is 40.5. The summed E-state index contributed by atoms with van der Waals surface area (Å²) in [5.74, 6) is -0.348. The van der Waals surface area contributed by atoms with Crippen molar-refractivity contribution in [1.82, 2.24) is 0 Å². The SMILES string of the molecule is COC(=O)CC(CCO)=C(c1ccccc1)C(C)c1ccccc1.COC(=O)CC(CCO)=C(c1ccccc1)C(C)c1ccccc1. The summed E-state index contributed by atoms with van der Waals surface area (Å²) in [5.41, 5.74) is 8.51. The first-order chi connectivity index (χ1) is 23.3. The second kappa shape index (κ2) is 20.5. The Bertz CT molecular complexity index is 1470. The quantitative estimate of drug-likeness (QED) is 0.134. The number of hydrogen-bond donors (Lipinski definition) is 2. The Morgan fingerprint density at radius 1 is 0.521 bits per heavy atom. The Morgan fingerprint density at radius 3 is 1.08 bits per heavy atom. The minimum Gasteiger partial charge on any atom is -0.469 e. The number of carbonyl (C=O) groups is 2. The van der Waals surface area contributed by atoms with Crippen molar-refractivity contribution in [1.29, 1.82) is 0 Å². The van der Waals surface area contributed by atoms with Crippen molar-refractivity contribution in [3.63, 3.8) is 0 Å². The van der Waals surface area contributed by atoms with Gasteiger partial charge in [-0.05, 0) is 46.2 Å². The van der Waals surface area contributed by atoms with E-state index in [4.69, 9.17) is 9.47 Å². The maximum Gasteiger partial charge on any atom is 0.309 e. The van der Waals surface area contributed by atoms with E-state index in [1.54, 1.807) is 0 Å². The number of ether oxygens (including phenoxy) is 2. The lowest BCUT2D eigenvalue weighted by Crippen LogP contribution is -2.09. The van der Waals surface area contributed by atoms with Gasteiger partial charge in [0, 0.05) is 25.0 Å². The van der Waals surface area contributed by atoms with Gasteiger partial charge in [-0.3, -0.25) is 9.59 Å². The van der Waals surface area contributed by atoms with Crippen LogP contribution in [0.3, 0.4) is 0 Å². The second-order valence-electron chi connectivity index (χ2n) is 11.5. The zero-order chi connectivity index (χ0) is 34.7. The Morgan fingerprint density at radius 2 is 0.812 bits per heavy atom. The third kappa shape index (κ3) is 11.2. The van der Waals surface area contributed by atoms with Gasteiger partial charge in [0.1, 0.15) is 0 Å². The molecule has 0 aliphatic heterocycles. The van der Waals surface area contributed by atoms with E-state index < -0.39 is 0 Å². The van der Waals surface area contributed by atoms with Crippen molar-refractivity contribution in [3.05, 3.63) is 155 Å². The van der Waals surface area contributed by atoms with Gasteiger partial charge in [-0.1, -0.05) is 146 Å². The molecular weight excluding hydrogens is 600 g/mol. The van der Waals surface area contributed by atoms with Crippen LogP contribution >= 0.6 is 0 Å². The van der Waals surface area contributed by atoms with Crippen molar-refractivity contribution in [3.8, 4) is 0 Å². The van der Waals surface area contributed by atoms with Gasteiger partial charge in [-0.15, -0.1) is 0 Å². The molecule has 0 aromatic heterocycles. The Balaban J connectivity index is 0.000000260. The molecule has 4 aromatic rings. The molecule has 0 spiro atoms. The molecule has 0 saturated heterocycles. The molecule has 6 heteroatoms. The van der Waals surface area contributed by atoms with Crippen molar-refractivity contribution < 1.29 is 29.3 Å². The number of aliphatic hydroxyl groups excluding tert-OH is 2. The normalized spacial score (nSPS) is 13.1. The van der Waals surface area contributed by atoms with Gasteiger partial charge in [-0.2, -0.15) is 0 Å². The predicted molar refractivity (Wildman–Crippen MR) is 193 cm³/mol. The monoisotopic (exact) mass is 648 g/mol. The fourth-order valence-corrected chi connectivity index (χ4v) is 5.97. The average molecular weight is 649 g/mol. The maximum absolute atomic E-state index is 11.9. The number of esters is 2. The number of aliphatic hydroxyl groups is 2. The van der Waals surface area contributed by atoms with Crippen molar-refractivity contribution >= 4 is 23.1 Å². The van der Waals surface area contributed by atoms with Gasteiger partial charge in [0.05, 0.1) is 27.1 Å². The van der Waals surface area contributed by atoms with Crippen LogP contribution in [-0.4, -0.2) is 49.6 Å². The lowest BCUT2D eigenvalue weighted by molar-refractivity contribution is -0.140. The third-order valence-electron chi connectivity index (χ3n) is 8.39. The van der Waals surface area contributed by atoms with E-state index in [0.29, 0.717) is 12.8 Å². The molecule has 4 rings (SSSR count). The van der Waals surface area contributed by atoms with Crippen LogP contribution in [0.1, 0.15) is 73.6 Å². The average Bonchev–Trinajstić information content (AvgIpc) is 3.13. The van der Waals surface area contributed by atoms with Crippen LogP contribution in [-0.2, 0) is 19.1 Å². The third-order valence-corrected chi connectivity index (χ3v) is 8.39. The van der Waals surface area contributed by atoms with E-state index in [0.717, 1.165) is 33.4 Å². The fourth-order valence-electron chi connectivity index (χ4n) is 5.97. The van der Waals surface area contributed by atoms with Crippen molar-refractivity contribution in [2.75, 3.05) is 27.4 Å². The van der Waals surface area contributed by atoms with Gasteiger partial charge in [0.25, 0.3) is 0 Å². The van der Waals surface area contributed by atoms with Gasteiger partial charge in [-0.25, -0.2) is 0 Å². The maximum atomic E-state index is 11.9. The summed E-state index contributed by atoms with van der Waals surface area (Å²) in [6.07, 6.45) is 1.30. The van der Waals surface area contributed by atoms with E-state index in [1.807, 2.05) is 97.1 Å². The van der Waals surface area contributed by atoms with Gasteiger partial charge in [0.15, 0.2) is 0 Å². The summed E-state index contributed by atoms with van der Waals surface area (Å²) >= 11 is 0. The Labute approximate surface area is 285 Å². The molecule has 0 aliphatic carbocycles. The molecule has 0 bridgehead atoms.